The normalized spacial score (nSPS) is 18.5. The van der Waals surface area contributed by atoms with Gasteiger partial charge in [-0.2, -0.15) is 0 Å². The summed E-state index contributed by atoms with van der Waals surface area (Å²) in [6.07, 6.45) is 3.45. The van der Waals surface area contributed by atoms with Crippen molar-refractivity contribution in [2.45, 2.75) is 52.5 Å². The van der Waals surface area contributed by atoms with E-state index in [0.29, 0.717) is 36.1 Å². The maximum Gasteiger partial charge on any atom is 0.326 e. The number of carboxylic acids is 1. The fraction of sp³-hybridized carbons (Fsp3) is 0.625. The summed E-state index contributed by atoms with van der Waals surface area (Å²) in [5, 5.41) is 13.0. The molecule has 32 heavy (non-hydrogen) atoms. The van der Waals surface area contributed by atoms with Crippen LogP contribution in [0.2, 0.25) is 0 Å². The summed E-state index contributed by atoms with van der Waals surface area (Å²) >= 11 is 0. The van der Waals surface area contributed by atoms with E-state index in [1.54, 1.807) is 30.0 Å². The van der Waals surface area contributed by atoms with E-state index in [0.717, 1.165) is 32.4 Å². The van der Waals surface area contributed by atoms with E-state index in [-0.39, 0.29) is 24.8 Å². The second kappa shape index (κ2) is 10.8. The number of carbonyl (C=O) groups excluding carboxylic acids is 2. The number of anilines is 1. The van der Waals surface area contributed by atoms with E-state index in [9.17, 15) is 19.5 Å². The van der Waals surface area contributed by atoms with Gasteiger partial charge in [-0.25, -0.2) is 4.79 Å². The van der Waals surface area contributed by atoms with Gasteiger partial charge in [-0.15, -0.1) is 0 Å². The van der Waals surface area contributed by atoms with Gasteiger partial charge >= 0.3 is 5.97 Å². The van der Waals surface area contributed by atoms with Crippen molar-refractivity contribution in [1.29, 1.82) is 0 Å². The lowest BCUT2D eigenvalue weighted by Gasteiger charge is -2.27. The smallest absolute Gasteiger partial charge is 0.326 e. The lowest BCUT2D eigenvalue weighted by molar-refractivity contribution is -0.142. The van der Waals surface area contributed by atoms with Gasteiger partial charge < -0.3 is 25.0 Å². The van der Waals surface area contributed by atoms with Gasteiger partial charge in [0.1, 0.15) is 18.3 Å². The summed E-state index contributed by atoms with van der Waals surface area (Å²) in [5.41, 5.74) is 0.831. The van der Waals surface area contributed by atoms with Crippen LogP contribution < -0.4 is 15.0 Å². The number of nitrogens with one attached hydrogen (secondary N) is 1. The minimum absolute atomic E-state index is 0.191. The molecule has 1 aromatic carbocycles. The average Bonchev–Trinajstić information content (AvgIpc) is 2.85. The molecule has 0 aromatic heterocycles. The molecule has 0 spiro atoms. The molecule has 2 heterocycles. The molecule has 0 aliphatic carbocycles. The fourth-order valence-electron chi connectivity index (χ4n) is 4.46. The highest BCUT2D eigenvalue weighted by molar-refractivity contribution is 6.10. The number of benzene rings is 1. The number of nitrogens with zero attached hydrogens (tertiary/aromatic N) is 2. The standard InChI is InChI=1S/C24H35N3O5/c1-4-20(24(30)31)27-15-22(28)26(14-16(2)3)21-6-5-18(13-19(21)23(27)29)32-12-9-17-7-10-25-11-8-17/h5-6,13,16-17,20,25H,4,7-12,14-15H2,1-3H3,(H,30,31). The zero-order valence-corrected chi connectivity index (χ0v) is 19.3. The number of ether oxygens (including phenoxy) is 1. The van der Waals surface area contributed by atoms with Crippen molar-refractivity contribution in [1.82, 2.24) is 10.2 Å². The molecule has 2 aliphatic heterocycles. The largest absolute Gasteiger partial charge is 0.494 e. The summed E-state index contributed by atoms with van der Waals surface area (Å²) in [7, 11) is 0. The Morgan fingerprint density at radius 1 is 1.25 bits per heavy atom. The van der Waals surface area contributed by atoms with E-state index in [4.69, 9.17) is 4.74 Å². The first-order valence-electron chi connectivity index (χ1n) is 11.6. The molecule has 176 valence electrons. The molecule has 1 saturated heterocycles. The topological polar surface area (TPSA) is 99.2 Å². The number of aliphatic carboxylic acids is 1. The Morgan fingerprint density at radius 3 is 2.59 bits per heavy atom. The Kier molecular flexibility index (Phi) is 8.12. The van der Waals surface area contributed by atoms with E-state index >= 15 is 0 Å². The third kappa shape index (κ3) is 5.59. The van der Waals surface area contributed by atoms with Gasteiger partial charge in [0.2, 0.25) is 5.91 Å². The van der Waals surface area contributed by atoms with Crippen molar-refractivity contribution in [3.8, 4) is 5.75 Å². The van der Waals surface area contributed by atoms with Crippen molar-refractivity contribution in [3.05, 3.63) is 23.8 Å². The Labute approximate surface area is 189 Å². The van der Waals surface area contributed by atoms with Crippen LogP contribution in [0.1, 0.15) is 56.8 Å². The van der Waals surface area contributed by atoms with E-state index < -0.39 is 17.9 Å². The molecule has 2 amide bonds. The molecule has 0 radical (unpaired) electrons. The summed E-state index contributed by atoms with van der Waals surface area (Å²) in [6, 6.07) is 4.15. The van der Waals surface area contributed by atoms with Crippen LogP contribution in [0.15, 0.2) is 18.2 Å². The summed E-state index contributed by atoms with van der Waals surface area (Å²) in [5.74, 6) is -0.442. The Bertz CT molecular complexity index is 835. The molecular formula is C24H35N3O5. The molecule has 2 N–H and O–H groups in total. The van der Waals surface area contributed by atoms with Gasteiger partial charge in [-0.05, 0) is 68.8 Å². The molecular weight excluding hydrogens is 410 g/mol. The van der Waals surface area contributed by atoms with Crippen LogP contribution in [-0.2, 0) is 9.59 Å². The van der Waals surface area contributed by atoms with Gasteiger partial charge in [0.25, 0.3) is 5.91 Å². The zero-order chi connectivity index (χ0) is 23.3. The van der Waals surface area contributed by atoms with Gasteiger partial charge in [-0.3, -0.25) is 9.59 Å². The number of rotatable bonds is 9. The molecule has 1 atom stereocenters. The highest BCUT2D eigenvalue weighted by Crippen LogP contribution is 2.31. The number of carbonyl (C=O) groups is 3. The van der Waals surface area contributed by atoms with Crippen molar-refractivity contribution < 1.29 is 24.2 Å². The summed E-state index contributed by atoms with van der Waals surface area (Å²) in [4.78, 5) is 41.0. The number of hydrogen-bond acceptors (Lipinski definition) is 5. The Morgan fingerprint density at radius 2 is 1.97 bits per heavy atom. The van der Waals surface area contributed by atoms with Crippen molar-refractivity contribution in [2.75, 3.05) is 37.7 Å². The van der Waals surface area contributed by atoms with Crippen LogP contribution in [0.5, 0.6) is 5.75 Å². The Hall–Kier alpha value is -2.61. The predicted molar refractivity (Wildman–Crippen MR) is 122 cm³/mol. The van der Waals surface area contributed by atoms with E-state index in [2.05, 4.69) is 5.32 Å². The molecule has 0 bridgehead atoms. The van der Waals surface area contributed by atoms with Crippen LogP contribution in [0.4, 0.5) is 5.69 Å². The number of carboxylic acid groups (broad SMARTS) is 1. The van der Waals surface area contributed by atoms with E-state index in [1.807, 2.05) is 13.8 Å². The third-order valence-electron chi connectivity index (χ3n) is 6.21. The third-order valence-corrected chi connectivity index (χ3v) is 6.21. The predicted octanol–water partition coefficient (Wildman–Crippen LogP) is 2.76. The van der Waals surface area contributed by atoms with Crippen LogP contribution in [0.25, 0.3) is 0 Å². The maximum atomic E-state index is 13.4. The molecule has 1 unspecified atom stereocenters. The molecule has 0 saturated carbocycles. The quantitative estimate of drug-likeness (QED) is 0.606. The minimum Gasteiger partial charge on any atom is -0.494 e. The minimum atomic E-state index is -1.11. The van der Waals surface area contributed by atoms with Gasteiger partial charge in [0, 0.05) is 6.54 Å². The first-order valence-corrected chi connectivity index (χ1v) is 11.6. The summed E-state index contributed by atoms with van der Waals surface area (Å²) in [6.45, 7) is 8.54. The molecule has 1 fully saturated rings. The second-order valence-electron chi connectivity index (χ2n) is 9.10. The highest BCUT2D eigenvalue weighted by atomic mass is 16.5. The summed E-state index contributed by atoms with van der Waals surface area (Å²) < 4.78 is 5.97. The first-order chi connectivity index (χ1) is 15.3. The lowest BCUT2D eigenvalue weighted by Crippen LogP contribution is -2.48. The lowest BCUT2D eigenvalue weighted by atomic mass is 9.95. The monoisotopic (exact) mass is 445 g/mol. The Balaban J connectivity index is 1.87. The number of fused-ring (bicyclic) bond motifs is 1. The average molecular weight is 446 g/mol. The SMILES string of the molecule is CCC(C(=O)O)N1CC(=O)N(CC(C)C)c2ccc(OCCC3CCNCC3)cc2C1=O. The number of piperidine rings is 1. The zero-order valence-electron chi connectivity index (χ0n) is 19.3. The highest BCUT2D eigenvalue weighted by Gasteiger charge is 2.37. The molecule has 8 heteroatoms. The molecule has 2 aliphatic rings. The molecule has 1 aromatic rings. The van der Waals surface area contributed by atoms with E-state index in [1.165, 1.54) is 4.90 Å². The van der Waals surface area contributed by atoms with Crippen molar-refractivity contribution >= 4 is 23.5 Å². The van der Waals surface area contributed by atoms with Crippen molar-refractivity contribution in [2.24, 2.45) is 11.8 Å². The fourth-order valence-corrected chi connectivity index (χ4v) is 4.46. The maximum absolute atomic E-state index is 13.4. The van der Waals surface area contributed by atoms with Gasteiger partial charge in [-0.1, -0.05) is 20.8 Å². The van der Waals surface area contributed by atoms with Gasteiger partial charge in [0.05, 0.1) is 17.9 Å². The number of amides is 2. The first kappa shape index (κ1) is 24.0. The molecule has 3 rings (SSSR count). The van der Waals surface area contributed by atoms with Crippen LogP contribution in [-0.4, -0.2) is 66.6 Å². The molecule has 8 nitrogen and oxygen atoms in total. The van der Waals surface area contributed by atoms with Gasteiger partial charge in [0.15, 0.2) is 0 Å². The number of hydrogen-bond donors (Lipinski definition) is 2. The van der Waals surface area contributed by atoms with Crippen molar-refractivity contribution in [3.63, 3.8) is 0 Å². The van der Waals surface area contributed by atoms with Crippen LogP contribution >= 0.6 is 0 Å². The van der Waals surface area contributed by atoms with Crippen LogP contribution in [0.3, 0.4) is 0 Å². The van der Waals surface area contributed by atoms with Crippen LogP contribution in [0, 0.1) is 11.8 Å². The second-order valence-corrected chi connectivity index (χ2v) is 9.10.